The van der Waals surface area contributed by atoms with Crippen molar-refractivity contribution in [2.45, 2.75) is 5.03 Å². The van der Waals surface area contributed by atoms with E-state index in [1.165, 1.54) is 42.6 Å². The van der Waals surface area contributed by atoms with Gasteiger partial charge in [0.1, 0.15) is 46.8 Å². The van der Waals surface area contributed by atoms with Gasteiger partial charge in [-0.3, -0.25) is 19.7 Å². The van der Waals surface area contributed by atoms with Gasteiger partial charge in [0.15, 0.2) is 0 Å². The van der Waals surface area contributed by atoms with Gasteiger partial charge in [0.25, 0.3) is 5.69 Å². The molecule has 3 fully saturated rings. The Kier molecular flexibility index (Phi) is 15.5. The van der Waals surface area contributed by atoms with Crippen LogP contribution in [0.4, 0.5) is 23.1 Å². The molecule has 0 aromatic carbocycles. The first-order chi connectivity index (χ1) is 27.1. The normalized spacial score (nSPS) is 15.6. The van der Waals surface area contributed by atoms with Crippen molar-refractivity contribution in [2.24, 2.45) is 0 Å². The number of hydrogen-bond acceptors (Lipinski definition) is 16. The lowest BCUT2D eigenvalue weighted by molar-refractivity contribution is -0.385. The van der Waals surface area contributed by atoms with Crippen molar-refractivity contribution < 1.29 is 29.8 Å². The van der Waals surface area contributed by atoms with Crippen molar-refractivity contribution >= 4 is 58.3 Å². The fourth-order valence-electron chi connectivity index (χ4n) is 5.84. The number of nitrogens with one attached hydrogen (secondary N) is 1. The minimum Gasteiger partial charge on any atom is -0.506 e. The molecule has 4 aromatic rings. The molecule has 0 aliphatic carbocycles. The van der Waals surface area contributed by atoms with Crippen LogP contribution in [-0.4, -0.2) is 152 Å². The highest BCUT2D eigenvalue weighted by molar-refractivity contribution is 7.99. The number of piperazine rings is 3. The number of nitrogens with zero attached hydrogens (tertiary/aromatic N) is 10. The Morgan fingerprint density at radius 2 is 1.09 bits per heavy atom. The molecule has 0 saturated carbocycles. The van der Waals surface area contributed by atoms with Gasteiger partial charge in [0.2, 0.25) is 11.8 Å². The second-order valence-corrected chi connectivity index (χ2v) is 13.9. The van der Waals surface area contributed by atoms with E-state index in [0.29, 0.717) is 44.3 Å². The van der Waals surface area contributed by atoms with Crippen LogP contribution >= 0.6 is 23.4 Å². The van der Waals surface area contributed by atoms with Gasteiger partial charge in [-0.05, 0) is 42.5 Å². The van der Waals surface area contributed by atoms with E-state index in [2.05, 4.69) is 40.0 Å². The molecule has 2 amide bonds. The predicted octanol–water partition coefficient (Wildman–Crippen LogP) is 2.40. The third-order valence-electron chi connectivity index (χ3n) is 8.94. The van der Waals surface area contributed by atoms with Crippen LogP contribution in [0.3, 0.4) is 0 Å². The summed E-state index contributed by atoms with van der Waals surface area (Å²) in [7, 11) is 0. The highest BCUT2D eigenvalue weighted by atomic mass is 35.5. The topological polar surface area (TPSA) is 218 Å². The first-order valence-corrected chi connectivity index (χ1v) is 19.4. The van der Waals surface area contributed by atoms with Gasteiger partial charge in [0.05, 0.1) is 34.3 Å². The van der Waals surface area contributed by atoms with Gasteiger partial charge >= 0.3 is 0 Å². The van der Waals surface area contributed by atoms with Crippen molar-refractivity contribution in [3.8, 4) is 17.2 Å². The summed E-state index contributed by atoms with van der Waals surface area (Å²) in [5.41, 5.74) is -0.0698. The molecule has 18 nitrogen and oxygen atoms in total. The van der Waals surface area contributed by atoms with Crippen LogP contribution in [0.5, 0.6) is 17.2 Å². The fourth-order valence-corrected chi connectivity index (χ4v) is 6.75. The molecule has 0 unspecified atom stereocenters. The quantitative estimate of drug-likeness (QED) is 0.0870. The number of aromatic nitrogens is 4. The Balaban J connectivity index is 0.000000172. The summed E-state index contributed by atoms with van der Waals surface area (Å²) in [6, 6.07) is 13.2. The minimum absolute atomic E-state index is 0.00784. The molecule has 298 valence electrons. The van der Waals surface area contributed by atoms with E-state index < -0.39 is 4.92 Å². The molecule has 0 bridgehead atoms. The predicted molar refractivity (Wildman–Crippen MR) is 213 cm³/mol. The highest BCUT2D eigenvalue weighted by Gasteiger charge is 2.23. The summed E-state index contributed by atoms with van der Waals surface area (Å²) in [5, 5.41) is 42.0. The van der Waals surface area contributed by atoms with E-state index in [4.69, 9.17) is 21.8 Å². The van der Waals surface area contributed by atoms with E-state index in [1.54, 1.807) is 46.2 Å². The zero-order valence-corrected chi connectivity index (χ0v) is 32.1. The summed E-state index contributed by atoms with van der Waals surface area (Å²) in [6.07, 6.45) is 5.50. The maximum absolute atomic E-state index is 12.3. The Labute approximate surface area is 332 Å². The van der Waals surface area contributed by atoms with Crippen LogP contribution in [0.1, 0.15) is 0 Å². The number of nitro groups is 1. The molecule has 0 radical (unpaired) electrons. The summed E-state index contributed by atoms with van der Waals surface area (Å²) >= 11 is 6.77. The minimum atomic E-state index is -0.505. The lowest BCUT2D eigenvalue weighted by atomic mass is 10.3. The van der Waals surface area contributed by atoms with Crippen LogP contribution in [0.2, 0.25) is 0 Å². The molecule has 0 spiro atoms. The first kappa shape index (κ1) is 41.5. The Hall–Kier alpha value is -5.66. The van der Waals surface area contributed by atoms with Crippen molar-refractivity contribution in [1.82, 2.24) is 35.1 Å². The summed E-state index contributed by atoms with van der Waals surface area (Å²) in [5.74, 6) is 3.31. The third kappa shape index (κ3) is 12.4. The molecule has 3 aliphatic heterocycles. The van der Waals surface area contributed by atoms with Gasteiger partial charge in [-0.15, -0.1) is 11.6 Å². The number of halogens is 1. The number of carbonyl (C=O) groups is 2. The number of alkyl halides is 1. The van der Waals surface area contributed by atoms with Crippen LogP contribution in [-0.2, 0) is 9.59 Å². The van der Waals surface area contributed by atoms with E-state index in [9.17, 15) is 24.8 Å². The van der Waals surface area contributed by atoms with Crippen molar-refractivity contribution in [3.63, 3.8) is 0 Å². The molecule has 4 N–H and O–H groups in total. The van der Waals surface area contributed by atoms with E-state index in [-0.39, 0.29) is 46.4 Å². The summed E-state index contributed by atoms with van der Waals surface area (Å²) in [4.78, 5) is 60.2. The molecule has 56 heavy (non-hydrogen) atoms. The molecule has 20 heteroatoms. The van der Waals surface area contributed by atoms with Gasteiger partial charge in [0, 0.05) is 84.6 Å². The van der Waals surface area contributed by atoms with E-state index >= 15 is 0 Å². The molecule has 4 aromatic heterocycles. The molecule has 0 atom stereocenters. The Morgan fingerprint density at radius 1 is 0.643 bits per heavy atom. The monoisotopic (exact) mass is 809 g/mol. The van der Waals surface area contributed by atoms with Gasteiger partial charge in [-0.25, -0.2) is 19.9 Å². The van der Waals surface area contributed by atoms with Crippen LogP contribution in [0.15, 0.2) is 78.3 Å². The largest absolute Gasteiger partial charge is 0.506 e. The van der Waals surface area contributed by atoms with Crippen LogP contribution in [0.25, 0.3) is 0 Å². The highest BCUT2D eigenvalue weighted by Crippen LogP contribution is 2.21. The third-order valence-corrected chi connectivity index (χ3v) is 10.1. The number of thioether (sulfide) groups is 1. The van der Waals surface area contributed by atoms with Gasteiger partial charge < -0.3 is 45.1 Å². The summed E-state index contributed by atoms with van der Waals surface area (Å²) in [6.45, 7) is 9.29. The van der Waals surface area contributed by atoms with E-state index in [1.807, 2.05) is 6.07 Å². The molecule has 7 heterocycles. The number of anilines is 3. The van der Waals surface area contributed by atoms with E-state index in [0.717, 1.165) is 56.7 Å². The molecule has 7 rings (SSSR count). The Bertz CT molecular complexity index is 1840. The Morgan fingerprint density at radius 3 is 1.46 bits per heavy atom. The van der Waals surface area contributed by atoms with Gasteiger partial charge in [-0.1, -0.05) is 11.8 Å². The standard InChI is InChI=1S/C16H17N5O4S.C11H14ClN3O2.C9H13N3O/c22-13-2-3-14(17-10-13)19-5-7-20(8-6-19)16(23)11-26-15-4-1-12(9-18-15)21(24)25;12-7-11(17)15-5-3-14(4-6-15)10-2-1-9(16)8-13-10;13-8-1-2-9(11-7-8)12-5-3-10-4-6-12/h1-4,9-10,22H,5-8,11H2;1-2,8,16H,3-7H2;1-2,7,10,13H,3-6H2. The second kappa shape index (κ2) is 20.9. The summed E-state index contributed by atoms with van der Waals surface area (Å²) < 4.78 is 0. The number of aromatic hydroxyl groups is 3. The number of amides is 2. The van der Waals surface area contributed by atoms with Gasteiger partial charge in [-0.2, -0.15) is 0 Å². The lowest BCUT2D eigenvalue weighted by Gasteiger charge is -2.35. The molecular formula is C36H44ClN11O7S. The number of carbonyl (C=O) groups excluding carboxylic acids is 2. The molecule has 3 saturated heterocycles. The maximum Gasteiger partial charge on any atom is 0.287 e. The maximum atomic E-state index is 12.3. The first-order valence-electron chi connectivity index (χ1n) is 17.8. The number of pyridine rings is 4. The number of hydrogen-bond donors (Lipinski definition) is 4. The lowest BCUT2D eigenvalue weighted by Crippen LogP contribution is -2.49. The number of rotatable bonds is 8. The zero-order valence-electron chi connectivity index (χ0n) is 30.6. The average Bonchev–Trinajstić information content (AvgIpc) is 3.24. The smallest absolute Gasteiger partial charge is 0.287 e. The molecule has 3 aliphatic rings. The fraction of sp³-hybridized carbons (Fsp3) is 0.389. The van der Waals surface area contributed by atoms with Crippen LogP contribution < -0.4 is 20.0 Å². The van der Waals surface area contributed by atoms with Crippen molar-refractivity contribution in [2.75, 3.05) is 105 Å². The molecular weight excluding hydrogens is 766 g/mol. The second-order valence-electron chi connectivity index (χ2n) is 12.6. The zero-order chi connectivity index (χ0) is 39.9. The van der Waals surface area contributed by atoms with Crippen molar-refractivity contribution in [1.29, 1.82) is 0 Å². The van der Waals surface area contributed by atoms with Crippen molar-refractivity contribution in [3.05, 3.63) is 83.4 Å². The van der Waals surface area contributed by atoms with Crippen LogP contribution in [0, 0.1) is 10.1 Å². The SMILES string of the molecule is O=C(CCl)N1CCN(c2ccc(O)cn2)CC1.O=C(CSc1ccc([N+](=O)[O-])cn1)N1CCN(c2ccc(O)cn2)CC1.Oc1ccc(N2CCNCC2)nc1. The average molecular weight is 810 g/mol.